The molecule has 5 rings (SSSR count). The molecule has 3 fully saturated rings. The van der Waals surface area contributed by atoms with Crippen molar-refractivity contribution >= 4 is 16.7 Å². The van der Waals surface area contributed by atoms with Crippen LogP contribution in [0, 0.1) is 5.41 Å². The minimum absolute atomic E-state index is 0.523. The normalized spacial score (nSPS) is 24.3. The Morgan fingerprint density at radius 2 is 1.97 bits per heavy atom. The number of benzene rings is 1. The molecule has 7 heteroatoms. The summed E-state index contributed by atoms with van der Waals surface area (Å²) >= 11 is 1.52. The first-order chi connectivity index (χ1) is 14.8. The zero-order valence-electron chi connectivity index (χ0n) is 17.8. The molecule has 2 saturated heterocycles. The highest BCUT2D eigenvalue weighted by atomic mass is 32.1. The maximum atomic E-state index is 6.00. The maximum Gasteiger partial charge on any atom is 0.204 e. The van der Waals surface area contributed by atoms with Crippen LogP contribution in [0.15, 0.2) is 30.6 Å². The molecule has 162 valence electrons. The minimum Gasteiger partial charge on any atom is -0.491 e. The van der Waals surface area contributed by atoms with Crippen LogP contribution in [0.5, 0.6) is 5.75 Å². The summed E-state index contributed by atoms with van der Waals surface area (Å²) in [6, 6.07) is 9.34. The third-order valence-electron chi connectivity index (χ3n) is 7.30. The molecule has 6 nitrogen and oxygen atoms in total. The van der Waals surface area contributed by atoms with Crippen molar-refractivity contribution in [3.05, 3.63) is 36.2 Å². The van der Waals surface area contributed by atoms with Gasteiger partial charge in [0.2, 0.25) is 5.13 Å². The van der Waals surface area contributed by atoms with Crippen molar-refractivity contribution in [3.8, 4) is 5.75 Å². The second-order valence-electron chi connectivity index (χ2n) is 9.17. The molecule has 1 saturated carbocycles. The molecule has 2 aromatic rings. The van der Waals surface area contributed by atoms with Crippen molar-refractivity contribution in [2.24, 2.45) is 5.41 Å². The van der Waals surface area contributed by atoms with Crippen LogP contribution in [-0.2, 0) is 4.74 Å². The van der Waals surface area contributed by atoms with Crippen LogP contribution in [0.1, 0.15) is 43.6 Å². The van der Waals surface area contributed by atoms with E-state index >= 15 is 0 Å². The Bertz CT molecular complexity index is 816. The predicted molar refractivity (Wildman–Crippen MR) is 120 cm³/mol. The Balaban J connectivity index is 1.13. The van der Waals surface area contributed by atoms with E-state index in [0.717, 1.165) is 16.9 Å². The fourth-order valence-corrected chi connectivity index (χ4v) is 6.27. The predicted octanol–water partition coefficient (Wildman–Crippen LogP) is 3.80. The summed E-state index contributed by atoms with van der Waals surface area (Å²) in [6.07, 6.45) is 8.20. The van der Waals surface area contributed by atoms with Gasteiger partial charge in [0, 0.05) is 43.2 Å². The molecular weight excluding hydrogens is 396 g/mol. The standard InChI is InChI=1S/C23H32N4O2S/c1-28-12-13-29-21-5-3-2-4-20(21)18-7-10-26(11-8-18)19-6-9-23(14-19)15-27(16-23)22-24-17-25-30-22/h2-5,17-19H,6-16H2,1H3/t19-/m1/s1. The minimum atomic E-state index is 0.523. The number of aromatic nitrogens is 2. The highest BCUT2D eigenvalue weighted by molar-refractivity contribution is 7.09. The number of piperidine rings is 1. The third-order valence-corrected chi connectivity index (χ3v) is 8.03. The number of anilines is 1. The Kier molecular flexibility index (Phi) is 5.94. The van der Waals surface area contributed by atoms with Gasteiger partial charge in [0.15, 0.2) is 0 Å². The Morgan fingerprint density at radius 1 is 1.13 bits per heavy atom. The van der Waals surface area contributed by atoms with Gasteiger partial charge in [-0.25, -0.2) is 4.98 Å². The van der Waals surface area contributed by atoms with Gasteiger partial charge in [-0.3, -0.25) is 0 Å². The second-order valence-corrected chi connectivity index (χ2v) is 9.92. The molecule has 30 heavy (non-hydrogen) atoms. The van der Waals surface area contributed by atoms with Gasteiger partial charge >= 0.3 is 0 Å². The number of hydrogen-bond donors (Lipinski definition) is 0. The zero-order valence-corrected chi connectivity index (χ0v) is 18.6. The van der Waals surface area contributed by atoms with Crippen molar-refractivity contribution in [1.82, 2.24) is 14.3 Å². The van der Waals surface area contributed by atoms with Crippen molar-refractivity contribution in [3.63, 3.8) is 0 Å². The summed E-state index contributed by atoms with van der Waals surface area (Å²) in [7, 11) is 1.72. The molecule has 3 heterocycles. The van der Waals surface area contributed by atoms with E-state index in [2.05, 4.69) is 43.4 Å². The molecule has 2 aliphatic heterocycles. The summed E-state index contributed by atoms with van der Waals surface area (Å²) in [4.78, 5) is 9.56. The van der Waals surface area contributed by atoms with Crippen LogP contribution in [0.25, 0.3) is 0 Å². The van der Waals surface area contributed by atoms with Crippen LogP contribution >= 0.6 is 11.5 Å². The van der Waals surface area contributed by atoms with E-state index in [1.807, 2.05) is 0 Å². The van der Waals surface area contributed by atoms with Gasteiger partial charge in [-0.1, -0.05) is 18.2 Å². The number of ether oxygens (including phenoxy) is 2. The highest BCUT2D eigenvalue weighted by Gasteiger charge is 2.50. The zero-order chi connectivity index (χ0) is 20.4. The molecule has 1 aliphatic carbocycles. The van der Waals surface area contributed by atoms with Gasteiger partial charge in [-0.15, -0.1) is 0 Å². The van der Waals surface area contributed by atoms with E-state index in [1.165, 1.54) is 75.4 Å². The molecule has 0 unspecified atom stereocenters. The van der Waals surface area contributed by atoms with Gasteiger partial charge in [0.05, 0.1) is 6.61 Å². The van der Waals surface area contributed by atoms with Gasteiger partial charge < -0.3 is 19.3 Å². The summed E-state index contributed by atoms with van der Waals surface area (Å²) in [5, 5.41) is 1.09. The van der Waals surface area contributed by atoms with Crippen LogP contribution in [0.2, 0.25) is 0 Å². The lowest BCUT2D eigenvalue weighted by atomic mass is 9.78. The molecule has 1 aromatic carbocycles. The lowest BCUT2D eigenvalue weighted by molar-refractivity contribution is 0.129. The lowest BCUT2D eigenvalue weighted by Crippen LogP contribution is -2.56. The van der Waals surface area contributed by atoms with E-state index in [-0.39, 0.29) is 0 Å². The summed E-state index contributed by atoms with van der Waals surface area (Å²) in [6.45, 7) is 6.00. The quantitative estimate of drug-likeness (QED) is 0.625. The van der Waals surface area contributed by atoms with Gasteiger partial charge in [0.25, 0.3) is 0 Å². The van der Waals surface area contributed by atoms with Crippen LogP contribution in [-0.4, -0.2) is 66.8 Å². The first-order valence-electron chi connectivity index (χ1n) is 11.2. The summed E-state index contributed by atoms with van der Waals surface area (Å²) in [5.74, 6) is 1.64. The third kappa shape index (κ3) is 4.07. The largest absolute Gasteiger partial charge is 0.491 e. The van der Waals surface area contributed by atoms with Crippen LogP contribution < -0.4 is 9.64 Å². The van der Waals surface area contributed by atoms with E-state index in [4.69, 9.17) is 9.47 Å². The monoisotopic (exact) mass is 428 g/mol. The number of para-hydroxylation sites is 1. The Hall–Kier alpha value is -1.70. The molecule has 1 atom stereocenters. The molecule has 1 spiro atoms. The molecule has 0 amide bonds. The lowest BCUT2D eigenvalue weighted by Gasteiger charge is -2.48. The topological polar surface area (TPSA) is 50.7 Å². The fourth-order valence-electron chi connectivity index (χ4n) is 5.74. The molecule has 0 radical (unpaired) electrons. The summed E-state index contributed by atoms with van der Waals surface area (Å²) < 4.78 is 15.3. The molecule has 0 bridgehead atoms. The Morgan fingerprint density at radius 3 is 2.73 bits per heavy atom. The maximum absolute atomic E-state index is 6.00. The van der Waals surface area contributed by atoms with Gasteiger partial charge in [0.1, 0.15) is 18.7 Å². The first-order valence-corrected chi connectivity index (χ1v) is 12.0. The van der Waals surface area contributed by atoms with Crippen LogP contribution in [0.3, 0.4) is 0 Å². The van der Waals surface area contributed by atoms with Gasteiger partial charge in [-0.05, 0) is 62.7 Å². The average molecular weight is 429 g/mol. The molecule has 3 aliphatic rings. The van der Waals surface area contributed by atoms with E-state index in [1.54, 1.807) is 13.4 Å². The first kappa shape index (κ1) is 20.2. The van der Waals surface area contributed by atoms with Crippen molar-refractivity contribution in [2.45, 2.75) is 44.1 Å². The van der Waals surface area contributed by atoms with E-state index in [0.29, 0.717) is 24.5 Å². The number of methoxy groups -OCH3 is 1. The number of likely N-dealkylation sites (tertiary alicyclic amines) is 1. The molecular formula is C23H32N4O2S. The van der Waals surface area contributed by atoms with E-state index in [9.17, 15) is 0 Å². The van der Waals surface area contributed by atoms with Gasteiger partial charge in [-0.2, -0.15) is 4.37 Å². The number of hydrogen-bond acceptors (Lipinski definition) is 7. The molecule has 1 aromatic heterocycles. The smallest absolute Gasteiger partial charge is 0.204 e. The Labute approximate surface area is 183 Å². The average Bonchev–Trinajstić information content (AvgIpc) is 3.44. The molecule has 0 N–H and O–H groups in total. The number of nitrogens with zero attached hydrogens (tertiary/aromatic N) is 4. The second kappa shape index (κ2) is 8.81. The SMILES string of the molecule is COCCOc1ccccc1C1CCN([C@@H]2CCC3(C2)CN(c2ncns2)C3)CC1. The number of rotatable bonds is 7. The van der Waals surface area contributed by atoms with Crippen LogP contribution in [0.4, 0.5) is 5.13 Å². The summed E-state index contributed by atoms with van der Waals surface area (Å²) in [5.41, 5.74) is 1.90. The van der Waals surface area contributed by atoms with Crippen molar-refractivity contribution in [2.75, 3.05) is 51.4 Å². The van der Waals surface area contributed by atoms with E-state index < -0.39 is 0 Å². The highest BCUT2D eigenvalue weighted by Crippen LogP contribution is 2.49. The van der Waals surface area contributed by atoms with Crippen molar-refractivity contribution < 1.29 is 9.47 Å². The fraction of sp³-hybridized carbons (Fsp3) is 0.652. The van der Waals surface area contributed by atoms with Crippen molar-refractivity contribution in [1.29, 1.82) is 0 Å².